The first-order valence-electron chi connectivity index (χ1n) is 8.23. The number of nitrogens with zero attached hydrogens (tertiary/aromatic N) is 1. The van der Waals surface area contributed by atoms with Crippen molar-refractivity contribution < 1.29 is 14.7 Å². The number of benzene rings is 2. The number of carbonyl (C=O) groups excluding carboxylic acids is 1. The van der Waals surface area contributed by atoms with Gasteiger partial charge in [0.15, 0.2) is 0 Å². The van der Waals surface area contributed by atoms with Crippen LogP contribution in [0.25, 0.3) is 21.8 Å². The van der Waals surface area contributed by atoms with Crippen LogP contribution in [0.1, 0.15) is 15.9 Å². The second-order valence-corrected chi connectivity index (χ2v) is 6.19. The average Bonchev–Trinajstić information content (AvgIpc) is 3.04. The molecule has 2 aromatic heterocycles. The Hall–Kier alpha value is -3.87. The maximum atomic E-state index is 12.9. The number of aryl methyl sites for hydroxylation is 1. The molecule has 0 aliphatic rings. The largest absolute Gasteiger partial charge is 0.477 e. The van der Waals surface area contributed by atoms with E-state index in [0.29, 0.717) is 11.2 Å². The van der Waals surface area contributed by atoms with E-state index in [2.05, 4.69) is 10.3 Å². The molecule has 2 heterocycles. The fourth-order valence-electron chi connectivity index (χ4n) is 3.23. The summed E-state index contributed by atoms with van der Waals surface area (Å²) in [6.45, 7) is 1.92. The molecule has 0 aliphatic heterocycles. The third-order valence-corrected chi connectivity index (χ3v) is 4.50. The normalized spacial score (nSPS) is 11.0. The molecule has 0 spiro atoms. The van der Waals surface area contributed by atoms with Crippen molar-refractivity contribution in [3.63, 3.8) is 0 Å². The molecule has 27 heavy (non-hydrogen) atoms. The van der Waals surface area contributed by atoms with Crippen molar-refractivity contribution in [2.45, 2.75) is 6.92 Å². The van der Waals surface area contributed by atoms with Crippen molar-refractivity contribution in [3.05, 3.63) is 76.2 Å². The third kappa shape index (κ3) is 2.65. The average molecular weight is 361 g/mol. The molecule has 2 aromatic carbocycles. The monoisotopic (exact) mass is 361 g/mol. The van der Waals surface area contributed by atoms with Crippen LogP contribution in [-0.2, 0) is 0 Å². The Bertz CT molecular complexity index is 1280. The van der Waals surface area contributed by atoms with Crippen LogP contribution < -0.4 is 10.7 Å². The van der Waals surface area contributed by atoms with Gasteiger partial charge in [0, 0.05) is 28.7 Å². The number of anilines is 1. The fraction of sp³-hybridized carbons (Fsp3) is 0.0500. The summed E-state index contributed by atoms with van der Waals surface area (Å²) in [5.74, 6) is -1.38. The number of carboxylic acids is 1. The highest BCUT2D eigenvalue weighted by Gasteiger charge is 2.18. The molecule has 0 bridgehead atoms. The predicted octanol–water partition coefficient (Wildman–Crippen LogP) is 3.57. The van der Waals surface area contributed by atoms with Crippen molar-refractivity contribution >= 4 is 39.5 Å². The minimum absolute atomic E-state index is 0.170. The molecule has 0 atom stereocenters. The van der Waals surface area contributed by atoms with Crippen LogP contribution in [0.4, 0.5) is 10.5 Å². The van der Waals surface area contributed by atoms with Crippen LogP contribution in [-0.4, -0.2) is 26.7 Å². The number of carboxylic acid groups (broad SMARTS) is 1. The molecule has 4 rings (SSSR count). The zero-order chi connectivity index (χ0) is 19.1. The number of aromatic amines is 1. The number of nitrogens with one attached hydrogen (secondary N) is 2. The number of fused-ring (bicyclic) bond motifs is 2. The highest BCUT2D eigenvalue weighted by Crippen LogP contribution is 2.26. The van der Waals surface area contributed by atoms with E-state index < -0.39 is 23.0 Å². The molecule has 1 amide bonds. The first-order valence-corrected chi connectivity index (χ1v) is 8.23. The van der Waals surface area contributed by atoms with E-state index in [9.17, 15) is 19.5 Å². The summed E-state index contributed by atoms with van der Waals surface area (Å²) in [6, 6.07) is 11.3. The zero-order valence-electron chi connectivity index (χ0n) is 14.3. The van der Waals surface area contributed by atoms with E-state index >= 15 is 0 Å². The van der Waals surface area contributed by atoms with Gasteiger partial charge in [0.05, 0.1) is 11.2 Å². The van der Waals surface area contributed by atoms with E-state index in [0.717, 1.165) is 27.2 Å². The van der Waals surface area contributed by atoms with Crippen LogP contribution in [0.5, 0.6) is 0 Å². The van der Waals surface area contributed by atoms with E-state index in [4.69, 9.17) is 0 Å². The summed E-state index contributed by atoms with van der Waals surface area (Å²) in [6.07, 6.45) is 2.91. The Morgan fingerprint density at radius 2 is 1.89 bits per heavy atom. The lowest BCUT2D eigenvalue weighted by atomic mass is 10.1. The van der Waals surface area contributed by atoms with Gasteiger partial charge in [0.25, 0.3) is 0 Å². The number of para-hydroxylation sites is 1. The summed E-state index contributed by atoms with van der Waals surface area (Å²) >= 11 is 0. The number of pyridine rings is 1. The molecule has 3 N–H and O–H groups in total. The minimum atomic E-state index is -1.38. The van der Waals surface area contributed by atoms with Gasteiger partial charge < -0.3 is 15.4 Å². The van der Waals surface area contributed by atoms with E-state index in [1.165, 1.54) is 6.07 Å². The van der Waals surface area contributed by atoms with Crippen molar-refractivity contribution in [1.82, 2.24) is 9.55 Å². The SMILES string of the molecule is Cc1c[nH]c2cccc(NC(=O)n3cc(C(=O)O)c(=O)c4ccccc43)c12. The first-order chi connectivity index (χ1) is 13.0. The summed E-state index contributed by atoms with van der Waals surface area (Å²) in [4.78, 5) is 39.9. The van der Waals surface area contributed by atoms with Crippen LogP contribution in [0.15, 0.2) is 59.7 Å². The number of rotatable bonds is 2. The minimum Gasteiger partial charge on any atom is -0.477 e. The molecular weight excluding hydrogens is 346 g/mol. The number of hydrogen-bond donors (Lipinski definition) is 3. The predicted molar refractivity (Wildman–Crippen MR) is 103 cm³/mol. The summed E-state index contributed by atoms with van der Waals surface area (Å²) in [5.41, 5.74) is 1.70. The summed E-state index contributed by atoms with van der Waals surface area (Å²) < 4.78 is 1.15. The highest BCUT2D eigenvalue weighted by atomic mass is 16.4. The lowest BCUT2D eigenvalue weighted by Crippen LogP contribution is -2.25. The Morgan fingerprint density at radius 3 is 2.67 bits per heavy atom. The molecule has 134 valence electrons. The molecular formula is C20H15N3O4. The van der Waals surface area contributed by atoms with E-state index in [1.807, 2.05) is 19.2 Å². The van der Waals surface area contributed by atoms with Gasteiger partial charge in [-0.25, -0.2) is 9.59 Å². The quantitative estimate of drug-likeness (QED) is 0.508. The Kier molecular flexibility index (Phi) is 3.77. The van der Waals surface area contributed by atoms with Gasteiger partial charge in [-0.05, 0) is 36.8 Å². The van der Waals surface area contributed by atoms with Gasteiger partial charge in [-0.2, -0.15) is 0 Å². The second kappa shape index (κ2) is 6.14. The second-order valence-electron chi connectivity index (χ2n) is 6.19. The van der Waals surface area contributed by atoms with Gasteiger partial charge in [0.1, 0.15) is 5.56 Å². The van der Waals surface area contributed by atoms with Gasteiger partial charge in [-0.3, -0.25) is 9.36 Å². The van der Waals surface area contributed by atoms with Crippen LogP contribution in [0, 0.1) is 6.92 Å². The van der Waals surface area contributed by atoms with Gasteiger partial charge in [-0.15, -0.1) is 0 Å². The third-order valence-electron chi connectivity index (χ3n) is 4.50. The Balaban J connectivity index is 1.88. The zero-order valence-corrected chi connectivity index (χ0v) is 14.3. The molecule has 4 aromatic rings. The smallest absolute Gasteiger partial charge is 0.341 e. The lowest BCUT2D eigenvalue weighted by molar-refractivity contribution is 0.0695. The van der Waals surface area contributed by atoms with Crippen LogP contribution in [0.2, 0.25) is 0 Å². The van der Waals surface area contributed by atoms with Crippen molar-refractivity contribution in [3.8, 4) is 0 Å². The molecule has 0 saturated heterocycles. The van der Waals surface area contributed by atoms with Gasteiger partial charge in [0.2, 0.25) is 5.43 Å². The number of aromatic carboxylic acids is 1. The van der Waals surface area contributed by atoms with Crippen LogP contribution >= 0.6 is 0 Å². The molecule has 0 unspecified atom stereocenters. The summed E-state index contributed by atoms with van der Waals surface area (Å²) in [7, 11) is 0. The van der Waals surface area contributed by atoms with Crippen LogP contribution in [0.3, 0.4) is 0 Å². The Morgan fingerprint density at radius 1 is 1.11 bits per heavy atom. The van der Waals surface area contributed by atoms with Gasteiger partial charge in [-0.1, -0.05) is 18.2 Å². The molecule has 0 radical (unpaired) electrons. The Labute approximate surface area is 152 Å². The summed E-state index contributed by atoms with van der Waals surface area (Å²) in [5, 5.41) is 13.2. The molecule has 7 nitrogen and oxygen atoms in total. The molecule has 0 fully saturated rings. The van der Waals surface area contributed by atoms with Crippen molar-refractivity contribution in [2.24, 2.45) is 0 Å². The van der Waals surface area contributed by atoms with E-state index in [-0.39, 0.29) is 5.39 Å². The number of H-pyrrole nitrogens is 1. The standard InChI is InChI=1S/C20H15N3O4/c1-11-9-21-14-6-4-7-15(17(11)14)22-20(27)23-10-13(19(25)26)18(24)12-5-2-3-8-16(12)23/h2-10,21H,1H3,(H,22,27)(H,25,26). The topological polar surface area (TPSA) is 104 Å². The molecule has 7 heteroatoms. The maximum absolute atomic E-state index is 12.9. The van der Waals surface area contributed by atoms with Gasteiger partial charge >= 0.3 is 12.0 Å². The van der Waals surface area contributed by atoms with Crippen molar-refractivity contribution in [1.29, 1.82) is 0 Å². The lowest BCUT2D eigenvalue weighted by Gasteiger charge is -2.13. The molecule has 0 aliphatic carbocycles. The highest BCUT2D eigenvalue weighted by molar-refractivity contribution is 6.05. The van der Waals surface area contributed by atoms with Crippen molar-refractivity contribution in [2.75, 3.05) is 5.32 Å². The molecule has 0 saturated carbocycles. The fourth-order valence-corrected chi connectivity index (χ4v) is 3.23. The number of carbonyl (C=O) groups is 2. The first kappa shape index (κ1) is 16.6. The number of amides is 1. The number of hydrogen-bond acceptors (Lipinski definition) is 3. The maximum Gasteiger partial charge on any atom is 0.341 e. The number of aromatic nitrogens is 2. The van der Waals surface area contributed by atoms with E-state index in [1.54, 1.807) is 30.3 Å².